The topological polar surface area (TPSA) is 82.2 Å². The normalized spacial score (nSPS) is 13.2. The number of nitrogens with zero attached hydrogens (tertiary/aromatic N) is 2. The number of anilines is 1. The first-order valence-corrected chi connectivity index (χ1v) is 6.31. The summed E-state index contributed by atoms with van der Waals surface area (Å²) in [5.41, 5.74) is 3.18. The minimum Gasteiger partial charge on any atom is -0.367 e. The summed E-state index contributed by atoms with van der Waals surface area (Å²) < 4.78 is 0. The Bertz CT molecular complexity index is 441. The Morgan fingerprint density at radius 3 is 2.58 bits per heavy atom. The summed E-state index contributed by atoms with van der Waals surface area (Å²) in [6.45, 7) is 4.38. The number of carbonyl (C=O) groups is 1. The molecule has 0 aliphatic heterocycles. The summed E-state index contributed by atoms with van der Waals surface area (Å²) >= 11 is 0. The molecule has 0 radical (unpaired) electrons. The van der Waals surface area contributed by atoms with Gasteiger partial charge in [0.1, 0.15) is 0 Å². The number of carbonyl (C=O) groups excluding carboxylic acids is 1. The number of nitrogens with one attached hydrogen (secondary N) is 1. The number of benzene rings is 1. The average molecular weight is 260 g/mol. The third kappa shape index (κ3) is 3.97. The van der Waals surface area contributed by atoms with Crippen molar-refractivity contribution in [1.29, 1.82) is 5.26 Å². The Balaban J connectivity index is 2.91. The van der Waals surface area contributed by atoms with Gasteiger partial charge in [-0.25, -0.2) is 5.84 Å². The van der Waals surface area contributed by atoms with E-state index in [-0.39, 0.29) is 17.9 Å². The molecule has 5 heteroatoms. The Hall–Kier alpha value is -2.06. The summed E-state index contributed by atoms with van der Waals surface area (Å²) in [6, 6.07) is 11.9. The molecule has 0 fully saturated rings. The molecular formula is C14H20N4O. The molecule has 0 spiro atoms. The predicted octanol–water partition coefficient (Wildman–Crippen LogP) is 1.42. The van der Waals surface area contributed by atoms with Crippen molar-refractivity contribution in [3.8, 4) is 6.07 Å². The van der Waals surface area contributed by atoms with Crippen molar-refractivity contribution in [3.05, 3.63) is 30.3 Å². The molecule has 1 aromatic rings. The second kappa shape index (κ2) is 7.39. The van der Waals surface area contributed by atoms with E-state index in [4.69, 9.17) is 11.1 Å². The number of nitrogens with two attached hydrogens (primary N) is 1. The molecule has 0 aliphatic carbocycles. The Labute approximate surface area is 114 Å². The van der Waals surface area contributed by atoms with Crippen molar-refractivity contribution in [1.82, 2.24) is 5.43 Å². The number of amides is 1. The van der Waals surface area contributed by atoms with Crippen LogP contribution in [0.3, 0.4) is 0 Å². The summed E-state index contributed by atoms with van der Waals surface area (Å²) in [6.07, 6.45) is 0.413. The van der Waals surface area contributed by atoms with Crippen LogP contribution in [0.1, 0.15) is 20.3 Å². The Kier molecular flexibility index (Phi) is 5.83. The van der Waals surface area contributed by atoms with Crippen molar-refractivity contribution in [2.75, 3.05) is 11.4 Å². The highest BCUT2D eigenvalue weighted by atomic mass is 16.2. The number of rotatable bonds is 6. The highest BCUT2D eigenvalue weighted by Crippen LogP contribution is 2.21. The zero-order chi connectivity index (χ0) is 14.3. The molecule has 19 heavy (non-hydrogen) atoms. The fraction of sp³-hybridized carbons (Fsp3) is 0.429. The molecule has 0 saturated carbocycles. The van der Waals surface area contributed by atoms with E-state index in [0.29, 0.717) is 13.0 Å². The van der Waals surface area contributed by atoms with Gasteiger partial charge in [0.25, 0.3) is 0 Å². The molecule has 5 nitrogen and oxygen atoms in total. The molecule has 0 heterocycles. The molecule has 2 atom stereocenters. The zero-order valence-electron chi connectivity index (χ0n) is 11.3. The van der Waals surface area contributed by atoms with E-state index in [0.717, 1.165) is 5.69 Å². The summed E-state index contributed by atoms with van der Waals surface area (Å²) in [5.74, 6) is 4.72. The minimum absolute atomic E-state index is 0.0423. The monoisotopic (exact) mass is 260 g/mol. The molecule has 0 saturated heterocycles. The van der Waals surface area contributed by atoms with Crippen LogP contribution < -0.4 is 16.2 Å². The predicted molar refractivity (Wildman–Crippen MR) is 75.0 cm³/mol. The fourth-order valence-electron chi connectivity index (χ4n) is 1.98. The molecule has 0 bridgehead atoms. The van der Waals surface area contributed by atoms with E-state index in [1.54, 1.807) is 0 Å². The van der Waals surface area contributed by atoms with Crippen LogP contribution in [0, 0.1) is 17.2 Å². The second-order valence-electron chi connectivity index (χ2n) is 4.47. The first-order valence-electron chi connectivity index (χ1n) is 6.31. The lowest BCUT2D eigenvalue weighted by molar-refractivity contribution is -0.125. The number of para-hydroxylation sites is 1. The van der Waals surface area contributed by atoms with Gasteiger partial charge in [0.2, 0.25) is 5.91 Å². The van der Waals surface area contributed by atoms with Crippen LogP contribution in [-0.2, 0) is 4.79 Å². The van der Waals surface area contributed by atoms with Crippen LogP contribution in [0.5, 0.6) is 0 Å². The van der Waals surface area contributed by atoms with Crippen LogP contribution in [0.25, 0.3) is 0 Å². The van der Waals surface area contributed by atoms with Crippen molar-refractivity contribution in [3.63, 3.8) is 0 Å². The smallest absolute Gasteiger partial charge is 0.238 e. The molecule has 1 aromatic carbocycles. The van der Waals surface area contributed by atoms with Gasteiger partial charge in [0.15, 0.2) is 0 Å². The molecular weight excluding hydrogens is 240 g/mol. The standard InChI is InChI=1S/C14H20N4O/c1-11(14(19)17-16)12(2)18(10-6-9-15)13-7-4-3-5-8-13/h3-5,7-8,11-12H,6,10,16H2,1-2H3,(H,17,19). The van der Waals surface area contributed by atoms with E-state index >= 15 is 0 Å². The van der Waals surface area contributed by atoms with E-state index in [9.17, 15) is 4.79 Å². The average Bonchev–Trinajstić information content (AvgIpc) is 2.46. The minimum atomic E-state index is -0.260. The molecule has 3 N–H and O–H groups in total. The van der Waals surface area contributed by atoms with Crippen molar-refractivity contribution in [2.45, 2.75) is 26.3 Å². The van der Waals surface area contributed by atoms with Gasteiger partial charge in [-0.2, -0.15) is 5.26 Å². The molecule has 2 unspecified atom stereocenters. The quantitative estimate of drug-likeness (QED) is 0.460. The molecule has 102 valence electrons. The third-order valence-electron chi connectivity index (χ3n) is 3.32. The van der Waals surface area contributed by atoms with Gasteiger partial charge in [-0.3, -0.25) is 10.2 Å². The van der Waals surface area contributed by atoms with Crippen LogP contribution in [0.2, 0.25) is 0 Å². The Morgan fingerprint density at radius 2 is 2.05 bits per heavy atom. The lowest BCUT2D eigenvalue weighted by atomic mass is 10.0. The van der Waals surface area contributed by atoms with Crippen LogP contribution in [0.4, 0.5) is 5.69 Å². The summed E-state index contributed by atoms with van der Waals surface area (Å²) in [5, 5.41) is 8.76. The van der Waals surface area contributed by atoms with Gasteiger partial charge in [-0.15, -0.1) is 0 Å². The van der Waals surface area contributed by atoms with E-state index < -0.39 is 0 Å². The maximum atomic E-state index is 11.6. The van der Waals surface area contributed by atoms with Crippen LogP contribution in [-0.4, -0.2) is 18.5 Å². The van der Waals surface area contributed by atoms with Gasteiger partial charge in [0.05, 0.1) is 18.4 Å². The molecule has 0 aliphatic rings. The number of hydrogen-bond acceptors (Lipinski definition) is 4. The summed E-state index contributed by atoms with van der Waals surface area (Å²) in [4.78, 5) is 13.7. The lowest BCUT2D eigenvalue weighted by Gasteiger charge is -2.33. The fourth-order valence-corrected chi connectivity index (χ4v) is 1.98. The van der Waals surface area contributed by atoms with E-state index in [1.807, 2.05) is 44.2 Å². The highest BCUT2D eigenvalue weighted by molar-refractivity contribution is 5.79. The second-order valence-corrected chi connectivity index (χ2v) is 4.47. The maximum absolute atomic E-state index is 11.6. The van der Waals surface area contributed by atoms with Crippen molar-refractivity contribution >= 4 is 11.6 Å². The van der Waals surface area contributed by atoms with Gasteiger partial charge in [-0.05, 0) is 19.1 Å². The molecule has 0 aromatic heterocycles. The number of nitriles is 1. The van der Waals surface area contributed by atoms with Crippen LogP contribution >= 0.6 is 0 Å². The van der Waals surface area contributed by atoms with Crippen molar-refractivity contribution in [2.24, 2.45) is 11.8 Å². The molecule has 1 amide bonds. The number of hydrogen-bond donors (Lipinski definition) is 2. The maximum Gasteiger partial charge on any atom is 0.238 e. The first-order chi connectivity index (χ1) is 9.11. The SMILES string of the molecule is CC(C(=O)NN)C(C)N(CCC#N)c1ccccc1. The third-order valence-corrected chi connectivity index (χ3v) is 3.32. The first kappa shape index (κ1) is 15.0. The van der Waals surface area contributed by atoms with Crippen molar-refractivity contribution < 1.29 is 4.79 Å². The van der Waals surface area contributed by atoms with Gasteiger partial charge >= 0.3 is 0 Å². The Morgan fingerprint density at radius 1 is 1.42 bits per heavy atom. The largest absolute Gasteiger partial charge is 0.367 e. The number of hydrazine groups is 1. The van der Waals surface area contributed by atoms with E-state index in [2.05, 4.69) is 16.4 Å². The van der Waals surface area contributed by atoms with Crippen LogP contribution in [0.15, 0.2) is 30.3 Å². The van der Waals surface area contributed by atoms with E-state index in [1.165, 1.54) is 0 Å². The van der Waals surface area contributed by atoms with Gasteiger partial charge in [-0.1, -0.05) is 25.1 Å². The molecule has 1 rings (SSSR count). The van der Waals surface area contributed by atoms with Gasteiger partial charge in [0, 0.05) is 18.3 Å². The van der Waals surface area contributed by atoms with Gasteiger partial charge < -0.3 is 4.90 Å². The highest BCUT2D eigenvalue weighted by Gasteiger charge is 2.25. The lowest BCUT2D eigenvalue weighted by Crippen LogP contribution is -2.46. The zero-order valence-corrected chi connectivity index (χ0v) is 11.3. The summed E-state index contributed by atoms with van der Waals surface area (Å²) in [7, 11) is 0.